The molecule has 0 aliphatic carbocycles. The van der Waals surface area contributed by atoms with Gasteiger partial charge >= 0.3 is 0 Å². The third-order valence-electron chi connectivity index (χ3n) is 2.00. The monoisotopic (exact) mass is 205 g/mol. The quantitative estimate of drug-likeness (QED) is 0.490. The van der Waals surface area contributed by atoms with Crippen LogP contribution in [0.4, 0.5) is 0 Å². The maximum Gasteiger partial charge on any atom is 0.110 e. The predicted octanol–water partition coefficient (Wildman–Crippen LogP) is 0.0723. The van der Waals surface area contributed by atoms with Crippen molar-refractivity contribution in [1.29, 1.82) is 0 Å². The summed E-state index contributed by atoms with van der Waals surface area (Å²) >= 11 is 0. The fraction of sp³-hybridized carbons (Fsp3) is 1.00. The summed E-state index contributed by atoms with van der Waals surface area (Å²) in [5.74, 6) is 0. The highest BCUT2D eigenvalue weighted by atomic mass is 16.3. The van der Waals surface area contributed by atoms with Crippen molar-refractivity contribution in [3.63, 3.8) is 0 Å². The van der Waals surface area contributed by atoms with Gasteiger partial charge < -0.3 is 15.3 Å². The lowest BCUT2D eigenvalue weighted by Crippen LogP contribution is -2.49. The highest BCUT2D eigenvalue weighted by Gasteiger charge is 2.29. The molecule has 0 aromatic heterocycles. The molecular weight excluding hydrogens is 182 g/mol. The predicted molar refractivity (Wildman–Crippen MR) is 55.8 cm³/mol. The SMILES string of the molecule is CC(C)(O)NC[C@H](O)[C@H](O)C(C)(C)C. The Labute approximate surface area is 86.0 Å². The molecule has 0 spiro atoms. The maximum absolute atomic E-state index is 9.68. The molecule has 0 rings (SSSR count). The lowest BCUT2D eigenvalue weighted by molar-refractivity contribution is -0.0556. The van der Waals surface area contributed by atoms with Crippen molar-refractivity contribution < 1.29 is 15.3 Å². The van der Waals surface area contributed by atoms with Gasteiger partial charge in [0.05, 0.1) is 12.2 Å². The second-order valence-electron chi connectivity index (χ2n) is 5.32. The van der Waals surface area contributed by atoms with Crippen molar-refractivity contribution in [2.24, 2.45) is 5.41 Å². The van der Waals surface area contributed by atoms with Crippen molar-refractivity contribution in [1.82, 2.24) is 5.32 Å². The van der Waals surface area contributed by atoms with Gasteiger partial charge in [0.2, 0.25) is 0 Å². The Morgan fingerprint density at radius 1 is 1.07 bits per heavy atom. The molecule has 4 N–H and O–H groups in total. The van der Waals surface area contributed by atoms with Crippen LogP contribution in [0.15, 0.2) is 0 Å². The molecule has 0 fully saturated rings. The van der Waals surface area contributed by atoms with Gasteiger partial charge in [-0.25, -0.2) is 0 Å². The van der Waals surface area contributed by atoms with Crippen LogP contribution in [0.2, 0.25) is 0 Å². The first kappa shape index (κ1) is 13.8. The molecule has 0 amide bonds. The third kappa shape index (κ3) is 5.54. The second-order valence-corrected chi connectivity index (χ2v) is 5.32. The van der Waals surface area contributed by atoms with Gasteiger partial charge in [0, 0.05) is 6.54 Å². The standard InChI is InChI=1S/C10H23NO3/c1-9(2,3)8(13)7(12)6-11-10(4,5)14/h7-8,11-14H,6H2,1-5H3/t7-,8-/m0/s1. The molecule has 4 heteroatoms. The topological polar surface area (TPSA) is 72.7 Å². The van der Waals surface area contributed by atoms with E-state index in [-0.39, 0.29) is 12.0 Å². The Balaban J connectivity index is 4.03. The first-order valence-corrected chi connectivity index (χ1v) is 4.87. The first-order valence-electron chi connectivity index (χ1n) is 4.87. The summed E-state index contributed by atoms with van der Waals surface area (Å²) in [6.07, 6.45) is -1.68. The van der Waals surface area contributed by atoms with E-state index in [0.29, 0.717) is 0 Å². The summed E-state index contributed by atoms with van der Waals surface area (Å²) in [5.41, 5.74) is -1.39. The van der Waals surface area contributed by atoms with Crippen LogP contribution in [-0.2, 0) is 0 Å². The van der Waals surface area contributed by atoms with E-state index in [0.717, 1.165) is 0 Å². The average Bonchev–Trinajstić information content (AvgIpc) is 1.95. The lowest BCUT2D eigenvalue weighted by atomic mass is 9.86. The Kier molecular flexibility index (Phi) is 4.52. The van der Waals surface area contributed by atoms with Crippen LogP contribution in [0, 0.1) is 5.41 Å². The van der Waals surface area contributed by atoms with Crippen LogP contribution >= 0.6 is 0 Å². The molecule has 0 aromatic carbocycles. The van der Waals surface area contributed by atoms with E-state index in [2.05, 4.69) is 5.32 Å². The Hall–Kier alpha value is -0.160. The van der Waals surface area contributed by atoms with Gasteiger partial charge in [-0.15, -0.1) is 0 Å². The molecule has 2 atom stereocenters. The summed E-state index contributed by atoms with van der Waals surface area (Å²) in [4.78, 5) is 0. The van der Waals surface area contributed by atoms with Crippen molar-refractivity contribution >= 4 is 0 Å². The minimum Gasteiger partial charge on any atom is -0.390 e. The maximum atomic E-state index is 9.68. The van der Waals surface area contributed by atoms with Gasteiger partial charge in [-0.2, -0.15) is 0 Å². The van der Waals surface area contributed by atoms with Crippen LogP contribution in [-0.4, -0.2) is 39.8 Å². The van der Waals surface area contributed by atoms with Crippen molar-refractivity contribution in [3.8, 4) is 0 Å². The smallest absolute Gasteiger partial charge is 0.110 e. The summed E-state index contributed by atoms with van der Waals surface area (Å²) < 4.78 is 0. The molecule has 0 bridgehead atoms. The van der Waals surface area contributed by atoms with Crippen molar-refractivity contribution in [2.45, 2.75) is 52.6 Å². The molecule has 0 unspecified atom stereocenters. The summed E-state index contributed by atoms with van der Waals surface area (Å²) in [6.45, 7) is 8.90. The molecule has 0 heterocycles. The van der Waals surface area contributed by atoms with Gasteiger partial charge in [0.25, 0.3) is 0 Å². The first-order chi connectivity index (χ1) is 6.04. The average molecular weight is 205 g/mol. The van der Waals surface area contributed by atoms with Crippen LogP contribution in [0.25, 0.3) is 0 Å². The minimum absolute atomic E-state index is 0.169. The Bertz CT molecular complexity index is 169. The summed E-state index contributed by atoms with van der Waals surface area (Å²) in [7, 11) is 0. The van der Waals surface area contributed by atoms with Crippen molar-refractivity contribution in [2.75, 3.05) is 6.54 Å². The molecule has 0 saturated heterocycles. The van der Waals surface area contributed by atoms with E-state index in [4.69, 9.17) is 0 Å². The van der Waals surface area contributed by atoms with Gasteiger partial charge in [-0.1, -0.05) is 20.8 Å². The Morgan fingerprint density at radius 2 is 1.50 bits per heavy atom. The lowest BCUT2D eigenvalue weighted by Gasteiger charge is -2.31. The number of hydrogen-bond donors (Lipinski definition) is 4. The van der Waals surface area contributed by atoms with Gasteiger partial charge in [0.1, 0.15) is 5.72 Å². The third-order valence-corrected chi connectivity index (χ3v) is 2.00. The summed E-state index contributed by atoms with van der Waals surface area (Å²) in [5, 5.41) is 31.3. The van der Waals surface area contributed by atoms with Gasteiger partial charge in [-0.3, -0.25) is 5.32 Å². The van der Waals surface area contributed by atoms with E-state index in [9.17, 15) is 15.3 Å². The number of nitrogens with one attached hydrogen (secondary N) is 1. The molecule has 86 valence electrons. The number of hydrogen-bond acceptors (Lipinski definition) is 4. The van der Waals surface area contributed by atoms with Crippen LogP contribution in [0.5, 0.6) is 0 Å². The molecule has 0 saturated carbocycles. The Morgan fingerprint density at radius 3 is 1.79 bits per heavy atom. The minimum atomic E-state index is -1.03. The van der Waals surface area contributed by atoms with Crippen LogP contribution in [0.3, 0.4) is 0 Å². The largest absolute Gasteiger partial charge is 0.390 e. The molecular formula is C10H23NO3. The van der Waals surface area contributed by atoms with Gasteiger partial charge in [-0.05, 0) is 19.3 Å². The number of aliphatic hydroxyl groups is 3. The van der Waals surface area contributed by atoms with Gasteiger partial charge in [0.15, 0.2) is 0 Å². The fourth-order valence-electron chi connectivity index (χ4n) is 1.04. The molecule has 14 heavy (non-hydrogen) atoms. The van der Waals surface area contributed by atoms with E-state index < -0.39 is 17.9 Å². The summed E-state index contributed by atoms with van der Waals surface area (Å²) in [6, 6.07) is 0. The molecule has 4 nitrogen and oxygen atoms in total. The fourth-order valence-corrected chi connectivity index (χ4v) is 1.04. The van der Waals surface area contributed by atoms with Crippen LogP contribution in [0.1, 0.15) is 34.6 Å². The van der Waals surface area contributed by atoms with E-state index in [1.807, 2.05) is 20.8 Å². The highest BCUT2D eigenvalue weighted by Crippen LogP contribution is 2.21. The zero-order valence-corrected chi connectivity index (χ0v) is 9.70. The zero-order chi connectivity index (χ0) is 11.6. The molecule has 0 radical (unpaired) electrons. The second kappa shape index (κ2) is 4.57. The molecule has 0 aliphatic heterocycles. The molecule has 0 aliphatic rings. The van der Waals surface area contributed by atoms with Crippen LogP contribution < -0.4 is 5.32 Å². The highest BCUT2D eigenvalue weighted by molar-refractivity contribution is 4.81. The number of aliphatic hydroxyl groups excluding tert-OH is 2. The van der Waals surface area contributed by atoms with Crippen molar-refractivity contribution in [3.05, 3.63) is 0 Å². The zero-order valence-electron chi connectivity index (χ0n) is 9.70. The molecule has 0 aromatic rings. The number of rotatable bonds is 4. The van der Waals surface area contributed by atoms with E-state index in [1.165, 1.54) is 0 Å². The van der Waals surface area contributed by atoms with E-state index in [1.54, 1.807) is 13.8 Å². The van der Waals surface area contributed by atoms with E-state index >= 15 is 0 Å². The normalized spacial score (nSPS) is 18.0.